The van der Waals surface area contributed by atoms with Crippen molar-refractivity contribution in [2.24, 2.45) is 0 Å². The summed E-state index contributed by atoms with van der Waals surface area (Å²) in [4.78, 5) is 11.8. The Balaban J connectivity index is 1.90. The average molecular weight is 369 g/mol. The summed E-state index contributed by atoms with van der Waals surface area (Å²) in [5.41, 5.74) is 1.30. The lowest BCUT2D eigenvalue weighted by atomic mass is 10.2. The van der Waals surface area contributed by atoms with Gasteiger partial charge in [-0.15, -0.1) is 0 Å². The molecule has 0 aliphatic carbocycles. The first kappa shape index (κ1) is 17.4. The second-order valence-electron chi connectivity index (χ2n) is 4.46. The summed E-state index contributed by atoms with van der Waals surface area (Å²) in [6, 6.07) is 11.1. The minimum absolute atomic E-state index is 0.0354. The molecule has 0 atom stereocenters. The number of hydrogen-bond donors (Lipinski definition) is 2. The molecule has 3 nitrogen and oxygen atoms in total. The van der Waals surface area contributed by atoms with Crippen LogP contribution in [0.25, 0.3) is 6.08 Å². The van der Waals surface area contributed by atoms with Gasteiger partial charge in [0.05, 0.1) is 5.02 Å². The lowest BCUT2D eigenvalue weighted by molar-refractivity contribution is -0.115. The Labute approximate surface area is 148 Å². The van der Waals surface area contributed by atoms with Crippen molar-refractivity contribution in [1.82, 2.24) is 5.32 Å². The molecule has 2 aromatic rings. The van der Waals surface area contributed by atoms with Crippen LogP contribution in [0.15, 0.2) is 48.5 Å². The van der Waals surface area contributed by atoms with E-state index in [1.54, 1.807) is 30.3 Å². The van der Waals surface area contributed by atoms with Gasteiger partial charge < -0.3 is 5.32 Å². The molecule has 2 N–H and O–H groups in total. The summed E-state index contributed by atoms with van der Waals surface area (Å²) >= 11 is 16.5. The first-order valence-electron chi connectivity index (χ1n) is 6.45. The van der Waals surface area contributed by atoms with Crippen LogP contribution >= 0.6 is 35.4 Å². The fourth-order valence-corrected chi connectivity index (χ4v) is 2.16. The predicted molar refractivity (Wildman–Crippen MR) is 96.3 cm³/mol. The zero-order chi connectivity index (χ0) is 16.8. The van der Waals surface area contributed by atoms with Gasteiger partial charge in [-0.25, -0.2) is 4.39 Å². The minimum atomic E-state index is -0.530. The van der Waals surface area contributed by atoms with Crippen molar-refractivity contribution in [3.05, 3.63) is 70.0 Å². The highest BCUT2D eigenvalue weighted by molar-refractivity contribution is 7.80. The van der Waals surface area contributed by atoms with E-state index in [-0.39, 0.29) is 10.1 Å². The van der Waals surface area contributed by atoms with Crippen LogP contribution < -0.4 is 10.6 Å². The third-order valence-electron chi connectivity index (χ3n) is 2.71. The zero-order valence-corrected chi connectivity index (χ0v) is 14.0. The van der Waals surface area contributed by atoms with Crippen LogP contribution in [0.1, 0.15) is 5.56 Å². The van der Waals surface area contributed by atoms with Gasteiger partial charge in [-0.1, -0.05) is 35.3 Å². The molecule has 0 aliphatic heterocycles. The Morgan fingerprint density at radius 3 is 2.48 bits per heavy atom. The molecule has 0 spiro atoms. The number of carbonyl (C=O) groups is 1. The third kappa shape index (κ3) is 5.63. The van der Waals surface area contributed by atoms with Crippen molar-refractivity contribution in [2.75, 3.05) is 5.32 Å². The smallest absolute Gasteiger partial charge is 0.250 e. The molecule has 2 aromatic carbocycles. The van der Waals surface area contributed by atoms with Crippen LogP contribution in [0.3, 0.4) is 0 Å². The Morgan fingerprint density at radius 2 is 1.83 bits per heavy atom. The predicted octanol–water partition coefficient (Wildman–Crippen LogP) is 4.66. The van der Waals surface area contributed by atoms with E-state index in [9.17, 15) is 9.18 Å². The lowest BCUT2D eigenvalue weighted by Crippen LogP contribution is -2.32. The van der Waals surface area contributed by atoms with Gasteiger partial charge in [-0.2, -0.15) is 0 Å². The normalized spacial score (nSPS) is 10.6. The molecule has 0 bridgehead atoms. The maximum Gasteiger partial charge on any atom is 0.250 e. The van der Waals surface area contributed by atoms with Crippen molar-refractivity contribution >= 4 is 58.2 Å². The number of amides is 1. The Bertz CT molecular complexity index is 763. The summed E-state index contributed by atoms with van der Waals surface area (Å²) in [6.07, 6.45) is 2.97. The Hall–Kier alpha value is -1.95. The fourth-order valence-electron chi connectivity index (χ4n) is 1.64. The van der Waals surface area contributed by atoms with E-state index in [1.807, 2.05) is 0 Å². The number of benzene rings is 2. The molecule has 0 saturated heterocycles. The second-order valence-corrected chi connectivity index (χ2v) is 5.71. The van der Waals surface area contributed by atoms with Crippen LogP contribution in [-0.4, -0.2) is 11.0 Å². The maximum atomic E-state index is 13.1. The summed E-state index contributed by atoms with van der Waals surface area (Å²) in [6.45, 7) is 0. The van der Waals surface area contributed by atoms with Gasteiger partial charge in [0.1, 0.15) is 5.82 Å². The molecule has 23 heavy (non-hydrogen) atoms. The molecule has 1 amide bonds. The largest absolute Gasteiger partial charge is 0.332 e. The van der Waals surface area contributed by atoms with Gasteiger partial charge in [0.15, 0.2) is 5.11 Å². The molecular weight excluding hydrogens is 358 g/mol. The van der Waals surface area contributed by atoms with Crippen molar-refractivity contribution in [3.63, 3.8) is 0 Å². The average Bonchev–Trinajstić information content (AvgIpc) is 2.50. The highest BCUT2D eigenvalue weighted by Gasteiger charge is 2.04. The lowest BCUT2D eigenvalue weighted by Gasteiger charge is -2.08. The number of hydrogen-bond acceptors (Lipinski definition) is 2. The molecule has 118 valence electrons. The number of thiocarbonyl (C=S) groups is 1. The van der Waals surface area contributed by atoms with E-state index in [1.165, 1.54) is 24.3 Å². The number of nitrogens with one attached hydrogen (secondary N) is 2. The number of anilines is 1. The molecule has 0 aromatic heterocycles. The SMILES string of the molecule is O=C(/C=C/c1ccc(Cl)cc1)NC(=S)Nc1ccc(F)c(Cl)c1. The monoisotopic (exact) mass is 368 g/mol. The van der Waals surface area contributed by atoms with Crippen LogP contribution in [0, 0.1) is 5.82 Å². The Kier molecular flexibility index (Phi) is 6.10. The topological polar surface area (TPSA) is 41.1 Å². The first-order chi connectivity index (χ1) is 10.9. The van der Waals surface area contributed by atoms with Gasteiger partial charge in [0.2, 0.25) is 5.91 Å². The van der Waals surface area contributed by atoms with Crippen LogP contribution in [0.2, 0.25) is 10.0 Å². The summed E-state index contributed by atoms with van der Waals surface area (Å²) in [5.74, 6) is -0.927. The second kappa shape index (κ2) is 8.06. The molecule has 0 saturated carbocycles. The number of rotatable bonds is 3. The molecule has 0 radical (unpaired) electrons. The van der Waals surface area contributed by atoms with E-state index in [2.05, 4.69) is 10.6 Å². The van der Waals surface area contributed by atoms with Crippen LogP contribution in [0.5, 0.6) is 0 Å². The number of halogens is 3. The fraction of sp³-hybridized carbons (Fsp3) is 0. The molecular formula is C16H11Cl2FN2OS. The van der Waals surface area contributed by atoms with E-state index in [0.717, 1.165) is 5.56 Å². The number of carbonyl (C=O) groups excluding carboxylic acids is 1. The Morgan fingerprint density at radius 1 is 1.13 bits per heavy atom. The molecule has 0 fully saturated rings. The van der Waals surface area contributed by atoms with Crippen molar-refractivity contribution in [3.8, 4) is 0 Å². The quantitative estimate of drug-likeness (QED) is 0.611. The first-order valence-corrected chi connectivity index (χ1v) is 7.61. The standard InChI is InChI=1S/C16H11Cl2FN2OS/c17-11-4-1-10(2-5-11)3-8-15(22)21-16(23)20-12-6-7-14(19)13(18)9-12/h1-9H,(H2,20,21,22,23)/b8-3+. The van der Waals surface area contributed by atoms with Gasteiger partial charge in [-0.3, -0.25) is 10.1 Å². The van der Waals surface area contributed by atoms with Crippen LogP contribution in [0.4, 0.5) is 10.1 Å². The minimum Gasteiger partial charge on any atom is -0.332 e. The summed E-state index contributed by atoms with van der Waals surface area (Å²) in [5, 5.41) is 5.89. The maximum absolute atomic E-state index is 13.1. The molecule has 7 heteroatoms. The van der Waals surface area contributed by atoms with E-state index in [0.29, 0.717) is 10.7 Å². The van der Waals surface area contributed by atoms with E-state index in [4.69, 9.17) is 35.4 Å². The molecule has 2 rings (SSSR count). The van der Waals surface area contributed by atoms with E-state index >= 15 is 0 Å². The van der Waals surface area contributed by atoms with Crippen molar-refractivity contribution in [2.45, 2.75) is 0 Å². The van der Waals surface area contributed by atoms with Crippen molar-refractivity contribution in [1.29, 1.82) is 0 Å². The zero-order valence-electron chi connectivity index (χ0n) is 11.6. The molecule has 0 aliphatic rings. The third-order valence-corrected chi connectivity index (χ3v) is 3.46. The van der Waals surface area contributed by atoms with Gasteiger partial charge >= 0.3 is 0 Å². The van der Waals surface area contributed by atoms with E-state index < -0.39 is 11.7 Å². The highest BCUT2D eigenvalue weighted by Crippen LogP contribution is 2.19. The molecule has 0 unspecified atom stereocenters. The van der Waals surface area contributed by atoms with Gasteiger partial charge in [-0.05, 0) is 54.2 Å². The van der Waals surface area contributed by atoms with Crippen LogP contribution in [-0.2, 0) is 4.79 Å². The van der Waals surface area contributed by atoms with Crippen molar-refractivity contribution < 1.29 is 9.18 Å². The summed E-state index contributed by atoms with van der Waals surface area (Å²) in [7, 11) is 0. The summed E-state index contributed by atoms with van der Waals surface area (Å²) < 4.78 is 13.1. The van der Waals surface area contributed by atoms with Gasteiger partial charge in [0, 0.05) is 16.8 Å². The highest BCUT2D eigenvalue weighted by atomic mass is 35.5. The molecule has 0 heterocycles. The van der Waals surface area contributed by atoms with Gasteiger partial charge in [0.25, 0.3) is 0 Å².